The minimum atomic E-state index is -1.39. The van der Waals surface area contributed by atoms with Crippen LogP contribution < -0.4 is 10.2 Å². The lowest BCUT2D eigenvalue weighted by Crippen LogP contribution is -2.55. The zero-order valence-electron chi connectivity index (χ0n) is 18.7. The van der Waals surface area contributed by atoms with Gasteiger partial charge in [0.15, 0.2) is 29.2 Å². The monoisotopic (exact) mass is 509 g/mol. The number of aromatic hydroxyl groups is 1. The SMILES string of the molecule is O=C1c2nc(Sc3ccc(O)cc3)n([C@@H]3O[C@H](CO)[C@@H](O)[C@H]3O)c2N(c2ccccc2)C2NC=CN12. The van der Waals surface area contributed by atoms with E-state index in [1.54, 1.807) is 29.1 Å². The summed E-state index contributed by atoms with van der Waals surface area (Å²) in [7, 11) is 0. The Morgan fingerprint density at radius 3 is 2.50 bits per heavy atom. The molecule has 3 aliphatic rings. The molecule has 12 heteroatoms. The molecule has 0 radical (unpaired) electrons. The average molecular weight is 510 g/mol. The van der Waals surface area contributed by atoms with Gasteiger partial charge in [-0.1, -0.05) is 30.0 Å². The molecule has 3 aliphatic heterocycles. The Morgan fingerprint density at radius 1 is 1.06 bits per heavy atom. The molecule has 1 amide bonds. The Kier molecular flexibility index (Phi) is 5.62. The fourth-order valence-electron chi connectivity index (χ4n) is 4.63. The number of nitrogens with zero attached hydrogens (tertiary/aromatic N) is 4. The fourth-order valence-corrected chi connectivity index (χ4v) is 5.54. The quantitative estimate of drug-likeness (QED) is 0.341. The summed E-state index contributed by atoms with van der Waals surface area (Å²) in [6.07, 6.45) is -2.14. The molecule has 3 aromatic rings. The number of aliphatic hydroxyl groups is 3. The van der Waals surface area contributed by atoms with Crippen molar-refractivity contribution in [3.05, 3.63) is 72.7 Å². The van der Waals surface area contributed by atoms with Crippen molar-refractivity contribution in [3.63, 3.8) is 0 Å². The van der Waals surface area contributed by atoms with E-state index in [-0.39, 0.29) is 17.4 Å². The molecule has 1 aromatic heterocycles. The van der Waals surface area contributed by atoms with Gasteiger partial charge in [-0.3, -0.25) is 19.2 Å². The molecular formula is C24H23N5O6S. The number of para-hydroxylation sites is 1. The van der Waals surface area contributed by atoms with Crippen molar-refractivity contribution < 1.29 is 30.0 Å². The first kappa shape index (κ1) is 22.9. The van der Waals surface area contributed by atoms with Gasteiger partial charge in [-0.15, -0.1) is 0 Å². The van der Waals surface area contributed by atoms with E-state index in [2.05, 4.69) is 10.3 Å². The largest absolute Gasteiger partial charge is 0.508 e. The maximum atomic E-state index is 13.5. The van der Waals surface area contributed by atoms with Crippen LogP contribution >= 0.6 is 11.8 Å². The van der Waals surface area contributed by atoms with E-state index < -0.39 is 37.4 Å². The molecule has 1 saturated heterocycles. The second-order valence-corrected chi connectivity index (χ2v) is 9.58. The van der Waals surface area contributed by atoms with Crippen LogP contribution in [0.15, 0.2) is 77.0 Å². The summed E-state index contributed by atoms with van der Waals surface area (Å²) in [4.78, 5) is 22.3. The van der Waals surface area contributed by atoms with Crippen molar-refractivity contribution in [2.24, 2.45) is 0 Å². The van der Waals surface area contributed by atoms with Crippen LogP contribution in [0.2, 0.25) is 0 Å². The predicted molar refractivity (Wildman–Crippen MR) is 128 cm³/mol. The minimum absolute atomic E-state index is 0.106. The number of phenols is 1. The van der Waals surface area contributed by atoms with Gasteiger partial charge >= 0.3 is 0 Å². The number of ether oxygens (including phenoxy) is 1. The van der Waals surface area contributed by atoms with Crippen LogP contribution in [0.3, 0.4) is 0 Å². The number of hydrogen-bond donors (Lipinski definition) is 5. The third-order valence-corrected chi connectivity index (χ3v) is 7.34. The normalized spacial score (nSPS) is 26.8. The molecule has 11 nitrogen and oxygen atoms in total. The molecule has 1 unspecified atom stereocenters. The van der Waals surface area contributed by atoms with E-state index in [0.717, 1.165) is 10.6 Å². The molecule has 5 atom stereocenters. The van der Waals surface area contributed by atoms with Crippen molar-refractivity contribution in [2.45, 2.75) is 40.9 Å². The first-order valence-corrected chi connectivity index (χ1v) is 12.1. The number of carbonyl (C=O) groups is 1. The van der Waals surface area contributed by atoms with Gasteiger partial charge in [0.05, 0.1) is 6.61 Å². The zero-order chi connectivity index (χ0) is 25.0. The molecular weight excluding hydrogens is 486 g/mol. The van der Waals surface area contributed by atoms with Crippen molar-refractivity contribution in [3.8, 4) is 5.75 Å². The maximum Gasteiger partial charge on any atom is 0.283 e. The van der Waals surface area contributed by atoms with E-state index in [1.165, 1.54) is 28.8 Å². The Bertz CT molecular complexity index is 1320. The summed E-state index contributed by atoms with van der Waals surface area (Å²) in [6, 6.07) is 15.9. The molecule has 2 aromatic carbocycles. The number of anilines is 2. The van der Waals surface area contributed by atoms with Gasteiger partial charge in [-0.2, -0.15) is 0 Å². The van der Waals surface area contributed by atoms with E-state index in [4.69, 9.17) is 4.74 Å². The summed E-state index contributed by atoms with van der Waals surface area (Å²) in [5, 5.41) is 44.4. The van der Waals surface area contributed by atoms with Gasteiger partial charge in [0, 0.05) is 23.0 Å². The van der Waals surface area contributed by atoms with Crippen molar-refractivity contribution in [1.82, 2.24) is 19.8 Å². The molecule has 6 rings (SSSR count). The number of nitrogens with one attached hydrogen (secondary N) is 1. The molecule has 1 fully saturated rings. The third kappa shape index (κ3) is 3.53. The Hall–Kier alpha value is -3.55. The smallest absolute Gasteiger partial charge is 0.283 e. The summed E-state index contributed by atoms with van der Waals surface area (Å²) in [5.41, 5.74) is 0.897. The highest BCUT2D eigenvalue weighted by Gasteiger charge is 2.50. The van der Waals surface area contributed by atoms with Gasteiger partial charge in [-0.05, 0) is 36.4 Å². The lowest BCUT2D eigenvalue weighted by Gasteiger charge is -2.40. The lowest BCUT2D eigenvalue weighted by atomic mass is 10.1. The van der Waals surface area contributed by atoms with E-state index in [0.29, 0.717) is 11.0 Å². The highest BCUT2D eigenvalue weighted by atomic mass is 32.2. The standard InChI is InChI=1S/C24H23N5O6S/c30-12-16-18(32)19(33)22(35-16)29-20-17(26-24(29)36-15-8-6-14(31)7-9-15)21(34)27-11-10-25-23(27)28(20)13-4-2-1-3-5-13/h1-11,16,18-19,22-23,25,30-33H,12H2/t16-,18-,19-,22-,23?/m1/s1. The second-order valence-electron chi connectivity index (χ2n) is 8.54. The maximum absolute atomic E-state index is 13.5. The average Bonchev–Trinajstić information content (AvgIpc) is 3.59. The fraction of sp³-hybridized carbons (Fsp3) is 0.250. The number of aromatic nitrogens is 2. The summed E-state index contributed by atoms with van der Waals surface area (Å²) in [5.74, 6) is 0.135. The number of phenolic OH excluding ortho intramolecular Hbond substituents is 1. The van der Waals surface area contributed by atoms with Crippen LogP contribution in [-0.4, -0.2) is 72.0 Å². The van der Waals surface area contributed by atoms with Gasteiger partial charge in [0.2, 0.25) is 0 Å². The van der Waals surface area contributed by atoms with Crippen molar-refractivity contribution in [1.29, 1.82) is 0 Å². The number of rotatable bonds is 5. The number of amides is 1. The van der Waals surface area contributed by atoms with Gasteiger partial charge in [0.1, 0.15) is 24.1 Å². The summed E-state index contributed by atoms with van der Waals surface area (Å²) < 4.78 is 7.50. The molecule has 4 heterocycles. The first-order chi connectivity index (χ1) is 17.5. The summed E-state index contributed by atoms with van der Waals surface area (Å²) in [6.45, 7) is -0.491. The lowest BCUT2D eigenvalue weighted by molar-refractivity contribution is -0.0561. The zero-order valence-corrected chi connectivity index (χ0v) is 19.6. The van der Waals surface area contributed by atoms with Crippen LogP contribution in [0.1, 0.15) is 16.7 Å². The Labute approximate surface area is 209 Å². The van der Waals surface area contributed by atoms with Crippen molar-refractivity contribution in [2.75, 3.05) is 11.5 Å². The predicted octanol–water partition coefficient (Wildman–Crippen LogP) is 1.30. The molecule has 0 aliphatic carbocycles. The topological polar surface area (TPSA) is 144 Å². The molecule has 0 saturated carbocycles. The van der Waals surface area contributed by atoms with Crippen LogP contribution in [0.25, 0.3) is 0 Å². The number of imidazole rings is 1. The Balaban J connectivity index is 1.56. The third-order valence-electron chi connectivity index (χ3n) is 6.36. The number of carbonyl (C=O) groups excluding carboxylic acids is 1. The number of aliphatic hydroxyl groups excluding tert-OH is 3. The van der Waals surface area contributed by atoms with Crippen molar-refractivity contribution >= 4 is 29.2 Å². The summed E-state index contributed by atoms with van der Waals surface area (Å²) >= 11 is 1.21. The highest BCUT2D eigenvalue weighted by molar-refractivity contribution is 7.99. The van der Waals surface area contributed by atoms with E-state index in [9.17, 15) is 25.2 Å². The minimum Gasteiger partial charge on any atom is -0.508 e. The number of hydrogen-bond acceptors (Lipinski definition) is 10. The van der Waals surface area contributed by atoms with Crippen LogP contribution in [0, 0.1) is 0 Å². The van der Waals surface area contributed by atoms with E-state index >= 15 is 0 Å². The van der Waals surface area contributed by atoms with Gasteiger partial charge in [0.25, 0.3) is 5.91 Å². The van der Waals surface area contributed by atoms with Crippen LogP contribution in [0.5, 0.6) is 5.75 Å². The molecule has 5 N–H and O–H groups in total. The highest BCUT2D eigenvalue weighted by Crippen LogP contribution is 2.45. The molecule has 0 spiro atoms. The van der Waals surface area contributed by atoms with Crippen LogP contribution in [0.4, 0.5) is 11.5 Å². The first-order valence-electron chi connectivity index (χ1n) is 11.3. The molecule has 0 bridgehead atoms. The molecule has 186 valence electrons. The number of benzene rings is 2. The van der Waals surface area contributed by atoms with E-state index in [1.807, 2.05) is 35.2 Å². The number of fused-ring (bicyclic) bond motifs is 2. The second kappa shape index (κ2) is 8.84. The van der Waals surface area contributed by atoms with Gasteiger partial charge in [-0.25, -0.2) is 4.98 Å². The molecule has 36 heavy (non-hydrogen) atoms. The van der Waals surface area contributed by atoms with Gasteiger partial charge < -0.3 is 30.5 Å². The Morgan fingerprint density at radius 2 is 1.81 bits per heavy atom. The van der Waals surface area contributed by atoms with Crippen LogP contribution in [-0.2, 0) is 4.74 Å².